The van der Waals surface area contributed by atoms with Crippen LogP contribution in [0, 0.1) is 0 Å². The lowest BCUT2D eigenvalue weighted by Crippen LogP contribution is -2.33. The summed E-state index contributed by atoms with van der Waals surface area (Å²) in [5, 5.41) is 17.7. The molecule has 3 heterocycles. The van der Waals surface area contributed by atoms with Gasteiger partial charge in [-0.3, -0.25) is 14.0 Å². The lowest BCUT2D eigenvalue weighted by atomic mass is 10.2. The molecule has 4 aromatic rings. The third kappa shape index (κ3) is 3.09. The molecule has 1 amide bonds. The standard InChI is InChI=1S/C19H15N5O4/c1-23(11-15-21-22-17(28-15)12-6-3-2-4-7-12)18(26)13-10-20-16-14(25)8-5-9-24(16)19(13)27/h2-10,25H,11H2,1H3. The SMILES string of the molecule is CN(Cc1nnc(-c2ccccc2)o1)C(=O)c1cnc2c(O)cccn2c1=O. The molecule has 0 radical (unpaired) electrons. The van der Waals surface area contributed by atoms with E-state index in [9.17, 15) is 14.7 Å². The number of hydrogen-bond donors (Lipinski definition) is 1. The van der Waals surface area contributed by atoms with Crippen LogP contribution in [0.25, 0.3) is 17.1 Å². The summed E-state index contributed by atoms with van der Waals surface area (Å²) in [7, 11) is 1.52. The Kier molecular flexibility index (Phi) is 4.32. The Balaban J connectivity index is 1.58. The van der Waals surface area contributed by atoms with Crippen molar-refractivity contribution >= 4 is 11.6 Å². The van der Waals surface area contributed by atoms with Gasteiger partial charge in [-0.1, -0.05) is 18.2 Å². The van der Waals surface area contributed by atoms with E-state index in [0.29, 0.717) is 5.89 Å². The van der Waals surface area contributed by atoms with Crippen LogP contribution < -0.4 is 5.56 Å². The van der Waals surface area contributed by atoms with E-state index in [4.69, 9.17) is 4.42 Å². The number of fused-ring (bicyclic) bond motifs is 1. The minimum atomic E-state index is -0.576. The third-order valence-electron chi connectivity index (χ3n) is 4.15. The van der Waals surface area contributed by atoms with Crippen molar-refractivity contribution in [3.8, 4) is 17.2 Å². The number of hydrogen-bond acceptors (Lipinski definition) is 7. The summed E-state index contributed by atoms with van der Waals surface area (Å²) in [4.78, 5) is 30.6. The number of benzene rings is 1. The Labute approximate surface area is 158 Å². The first kappa shape index (κ1) is 17.4. The Morgan fingerprint density at radius 1 is 1.18 bits per heavy atom. The van der Waals surface area contributed by atoms with Crippen molar-refractivity contribution in [3.05, 3.63) is 76.7 Å². The summed E-state index contributed by atoms with van der Waals surface area (Å²) in [5.74, 6) is -0.110. The van der Waals surface area contributed by atoms with Gasteiger partial charge in [-0.05, 0) is 24.3 Å². The second kappa shape index (κ2) is 6.95. The van der Waals surface area contributed by atoms with Crippen LogP contribution in [0.2, 0.25) is 0 Å². The van der Waals surface area contributed by atoms with Crippen LogP contribution in [0.4, 0.5) is 0 Å². The topological polar surface area (TPSA) is 114 Å². The van der Waals surface area contributed by atoms with Gasteiger partial charge < -0.3 is 14.4 Å². The van der Waals surface area contributed by atoms with E-state index in [0.717, 1.165) is 16.2 Å². The van der Waals surface area contributed by atoms with Crippen molar-refractivity contribution in [3.63, 3.8) is 0 Å². The number of aromatic nitrogens is 4. The Morgan fingerprint density at radius 3 is 2.75 bits per heavy atom. The van der Waals surface area contributed by atoms with E-state index in [1.54, 1.807) is 0 Å². The van der Waals surface area contributed by atoms with Gasteiger partial charge in [0.2, 0.25) is 11.8 Å². The highest BCUT2D eigenvalue weighted by molar-refractivity contribution is 5.93. The molecule has 9 nitrogen and oxygen atoms in total. The van der Waals surface area contributed by atoms with Gasteiger partial charge in [0.1, 0.15) is 5.56 Å². The van der Waals surface area contributed by atoms with Crippen LogP contribution in [-0.4, -0.2) is 42.5 Å². The van der Waals surface area contributed by atoms with Crippen molar-refractivity contribution < 1.29 is 14.3 Å². The molecule has 0 saturated heterocycles. The first-order valence-corrected chi connectivity index (χ1v) is 8.37. The highest BCUT2D eigenvalue weighted by Gasteiger charge is 2.20. The fraction of sp³-hybridized carbons (Fsp3) is 0.105. The van der Waals surface area contributed by atoms with Crippen molar-refractivity contribution in [2.24, 2.45) is 0 Å². The van der Waals surface area contributed by atoms with Gasteiger partial charge in [-0.25, -0.2) is 4.98 Å². The van der Waals surface area contributed by atoms with Crippen LogP contribution in [0.15, 0.2) is 64.1 Å². The Morgan fingerprint density at radius 2 is 1.96 bits per heavy atom. The van der Waals surface area contributed by atoms with Gasteiger partial charge in [0.15, 0.2) is 11.4 Å². The maximum atomic E-state index is 12.7. The Hall–Kier alpha value is -4.01. The molecule has 3 aromatic heterocycles. The molecule has 0 unspecified atom stereocenters. The van der Waals surface area contributed by atoms with Gasteiger partial charge in [0, 0.05) is 25.0 Å². The van der Waals surface area contributed by atoms with Gasteiger partial charge in [-0.2, -0.15) is 0 Å². The molecule has 0 spiro atoms. The molecule has 0 bridgehead atoms. The molecule has 1 N–H and O–H groups in total. The number of rotatable bonds is 4. The summed E-state index contributed by atoms with van der Waals surface area (Å²) in [6, 6.07) is 12.2. The second-order valence-corrected chi connectivity index (χ2v) is 6.09. The van der Waals surface area contributed by atoms with E-state index < -0.39 is 11.5 Å². The van der Waals surface area contributed by atoms with E-state index in [1.165, 1.54) is 30.3 Å². The van der Waals surface area contributed by atoms with Crippen LogP contribution in [-0.2, 0) is 6.54 Å². The lowest BCUT2D eigenvalue weighted by Gasteiger charge is -2.14. The minimum Gasteiger partial charge on any atom is -0.504 e. The van der Waals surface area contributed by atoms with Crippen LogP contribution in [0.1, 0.15) is 16.2 Å². The monoisotopic (exact) mass is 377 g/mol. The number of pyridine rings is 1. The van der Waals surface area contributed by atoms with Crippen molar-refractivity contribution in [2.45, 2.75) is 6.54 Å². The molecule has 140 valence electrons. The zero-order valence-electron chi connectivity index (χ0n) is 14.8. The molecule has 4 rings (SSSR count). The zero-order valence-corrected chi connectivity index (χ0v) is 14.8. The highest BCUT2D eigenvalue weighted by Crippen LogP contribution is 2.18. The molecule has 0 saturated carbocycles. The predicted molar refractivity (Wildman–Crippen MR) is 98.7 cm³/mol. The molecule has 0 fully saturated rings. The number of aromatic hydroxyl groups is 1. The Bertz CT molecular complexity index is 1220. The molecule has 0 aliphatic carbocycles. The number of amides is 1. The maximum absolute atomic E-state index is 12.7. The smallest absolute Gasteiger partial charge is 0.270 e. The van der Waals surface area contributed by atoms with Gasteiger partial charge in [0.25, 0.3) is 11.5 Å². The summed E-state index contributed by atoms with van der Waals surface area (Å²) >= 11 is 0. The highest BCUT2D eigenvalue weighted by atomic mass is 16.4. The maximum Gasteiger partial charge on any atom is 0.270 e. The largest absolute Gasteiger partial charge is 0.504 e. The van der Waals surface area contributed by atoms with E-state index in [2.05, 4.69) is 15.2 Å². The number of nitrogens with zero attached hydrogens (tertiary/aromatic N) is 5. The molecule has 9 heteroatoms. The lowest BCUT2D eigenvalue weighted by molar-refractivity contribution is 0.0770. The first-order valence-electron chi connectivity index (χ1n) is 8.37. The van der Waals surface area contributed by atoms with E-state index in [1.807, 2.05) is 30.3 Å². The fourth-order valence-electron chi connectivity index (χ4n) is 2.73. The van der Waals surface area contributed by atoms with Gasteiger partial charge in [-0.15, -0.1) is 10.2 Å². The van der Waals surface area contributed by atoms with E-state index in [-0.39, 0.29) is 29.4 Å². The number of carbonyl (C=O) groups is 1. The molecular formula is C19H15N5O4. The first-order chi connectivity index (χ1) is 13.5. The zero-order chi connectivity index (χ0) is 19.7. The molecule has 28 heavy (non-hydrogen) atoms. The summed E-state index contributed by atoms with van der Waals surface area (Å²) in [6.07, 6.45) is 2.59. The van der Waals surface area contributed by atoms with E-state index >= 15 is 0 Å². The van der Waals surface area contributed by atoms with Crippen molar-refractivity contribution in [1.29, 1.82) is 0 Å². The predicted octanol–water partition coefficient (Wildman–Crippen LogP) is 1.72. The fourth-order valence-corrected chi connectivity index (χ4v) is 2.73. The summed E-state index contributed by atoms with van der Waals surface area (Å²) in [6.45, 7) is 0.0286. The van der Waals surface area contributed by atoms with Crippen LogP contribution in [0.5, 0.6) is 5.75 Å². The van der Waals surface area contributed by atoms with Gasteiger partial charge in [0.05, 0.1) is 6.54 Å². The van der Waals surface area contributed by atoms with Crippen molar-refractivity contribution in [1.82, 2.24) is 24.5 Å². The average Bonchev–Trinajstić information content (AvgIpc) is 3.17. The molecular weight excluding hydrogens is 362 g/mol. The molecule has 1 aromatic carbocycles. The van der Waals surface area contributed by atoms with Gasteiger partial charge >= 0.3 is 0 Å². The van der Waals surface area contributed by atoms with Crippen LogP contribution >= 0.6 is 0 Å². The van der Waals surface area contributed by atoms with Crippen LogP contribution in [0.3, 0.4) is 0 Å². The molecule has 0 aliphatic heterocycles. The number of carbonyl (C=O) groups excluding carboxylic acids is 1. The molecule has 0 aliphatic rings. The molecule has 0 atom stereocenters. The average molecular weight is 377 g/mol. The second-order valence-electron chi connectivity index (χ2n) is 6.09. The minimum absolute atomic E-state index is 0.0286. The quantitative estimate of drug-likeness (QED) is 0.576. The summed E-state index contributed by atoms with van der Waals surface area (Å²) < 4.78 is 6.72. The third-order valence-corrected chi connectivity index (χ3v) is 4.15. The summed E-state index contributed by atoms with van der Waals surface area (Å²) in [5.41, 5.74) is 0.143. The van der Waals surface area contributed by atoms with Crippen molar-refractivity contribution in [2.75, 3.05) is 7.05 Å². The normalized spacial score (nSPS) is 10.9.